The summed E-state index contributed by atoms with van der Waals surface area (Å²) in [6.07, 6.45) is 4.19. The van der Waals surface area contributed by atoms with Crippen LogP contribution in [0.3, 0.4) is 0 Å². The van der Waals surface area contributed by atoms with E-state index in [4.69, 9.17) is 4.74 Å². The van der Waals surface area contributed by atoms with Gasteiger partial charge in [-0.25, -0.2) is 14.3 Å². The molecule has 0 fully saturated rings. The number of esters is 1. The van der Waals surface area contributed by atoms with Gasteiger partial charge in [-0.3, -0.25) is 0 Å². The van der Waals surface area contributed by atoms with E-state index in [1.165, 1.54) is 11.8 Å². The van der Waals surface area contributed by atoms with Crippen molar-refractivity contribution in [2.24, 2.45) is 0 Å². The maximum absolute atomic E-state index is 11.9. The first-order valence-electron chi connectivity index (χ1n) is 7.33. The zero-order valence-electron chi connectivity index (χ0n) is 12.6. The van der Waals surface area contributed by atoms with Crippen molar-refractivity contribution in [3.8, 4) is 11.3 Å². The van der Waals surface area contributed by atoms with Gasteiger partial charge in [0.15, 0.2) is 5.65 Å². The van der Waals surface area contributed by atoms with Crippen LogP contribution < -0.4 is 0 Å². The highest BCUT2D eigenvalue weighted by atomic mass is 16.5. The summed E-state index contributed by atoms with van der Waals surface area (Å²) in [6, 6.07) is 10.2. The van der Waals surface area contributed by atoms with Gasteiger partial charge < -0.3 is 4.74 Å². The van der Waals surface area contributed by atoms with E-state index in [1.54, 1.807) is 17.6 Å². The minimum atomic E-state index is -0.400. The molecule has 0 aliphatic carbocycles. The predicted molar refractivity (Wildman–Crippen MR) is 83.8 cm³/mol. The Morgan fingerprint density at radius 2 is 1.95 bits per heavy atom. The van der Waals surface area contributed by atoms with Crippen LogP contribution >= 0.6 is 0 Å². The van der Waals surface area contributed by atoms with E-state index in [-0.39, 0.29) is 0 Å². The molecule has 5 nitrogen and oxygen atoms in total. The summed E-state index contributed by atoms with van der Waals surface area (Å²) >= 11 is 0. The Morgan fingerprint density at radius 3 is 2.64 bits per heavy atom. The Balaban J connectivity index is 2.09. The summed E-state index contributed by atoms with van der Waals surface area (Å²) in [7, 11) is 0. The second kappa shape index (κ2) is 5.97. The average molecular weight is 295 g/mol. The van der Waals surface area contributed by atoms with Gasteiger partial charge in [-0.15, -0.1) is 0 Å². The third kappa shape index (κ3) is 2.45. The number of hydrogen-bond acceptors (Lipinski definition) is 4. The standard InChI is InChI=1S/C17H17N3O2/c1-3-12-5-7-13(8-6-12)15-9-10-18-16-14(11-19-20(15)16)17(21)22-4-2/h5-11H,3-4H2,1-2H3. The Morgan fingerprint density at radius 1 is 1.18 bits per heavy atom. The molecule has 3 aromatic rings. The first kappa shape index (κ1) is 14.3. The van der Waals surface area contributed by atoms with E-state index in [1.807, 2.05) is 6.07 Å². The largest absolute Gasteiger partial charge is 0.462 e. The van der Waals surface area contributed by atoms with Crippen molar-refractivity contribution in [2.75, 3.05) is 6.61 Å². The summed E-state index contributed by atoms with van der Waals surface area (Å²) in [4.78, 5) is 16.2. The molecule has 0 unspecified atom stereocenters. The molecule has 0 spiro atoms. The van der Waals surface area contributed by atoms with Gasteiger partial charge >= 0.3 is 5.97 Å². The molecule has 5 heteroatoms. The smallest absolute Gasteiger partial charge is 0.343 e. The first-order chi connectivity index (χ1) is 10.7. The molecule has 2 aromatic heterocycles. The Hall–Kier alpha value is -2.69. The summed E-state index contributed by atoms with van der Waals surface area (Å²) in [5.41, 5.74) is 4.09. The zero-order chi connectivity index (χ0) is 15.5. The van der Waals surface area contributed by atoms with E-state index < -0.39 is 5.97 Å². The van der Waals surface area contributed by atoms with Crippen LogP contribution in [0, 0.1) is 0 Å². The van der Waals surface area contributed by atoms with E-state index in [9.17, 15) is 4.79 Å². The third-order valence-electron chi connectivity index (χ3n) is 3.55. The SMILES string of the molecule is CCOC(=O)c1cnn2c(-c3ccc(CC)cc3)ccnc12. The van der Waals surface area contributed by atoms with Gasteiger partial charge in [-0.05, 0) is 25.0 Å². The van der Waals surface area contributed by atoms with Gasteiger partial charge in [0.05, 0.1) is 18.5 Å². The van der Waals surface area contributed by atoms with Gasteiger partial charge in [0.25, 0.3) is 0 Å². The van der Waals surface area contributed by atoms with Crippen LogP contribution in [0.2, 0.25) is 0 Å². The highest BCUT2D eigenvalue weighted by Gasteiger charge is 2.16. The molecule has 0 aliphatic rings. The van der Waals surface area contributed by atoms with Crippen molar-refractivity contribution in [3.05, 3.63) is 53.9 Å². The van der Waals surface area contributed by atoms with Gasteiger partial charge in [-0.2, -0.15) is 5.10 Å². The molecule has 0 amide bonds. The third-order valence-corrected chi connectivity index (χ3v) is 3.55. The van der Waals surface area contributed by atoms with Crippen molar-refractivity contribution >= 4 is 11.6 Å². The summed E-state index contributed by atoms with van der Waals surface area (Å²) in [5.74, 6) is -0.400. The number of ether oxygens (including phenoxy) is 1. The number of carbonyl (C=O) groups excluding carboxylic acids is 1. The van der Waals surface area contributed by atoms with E-state index in [0.717, 1.165) is 17.7 Å². The fraction of sp³-hybridized carbons (Fsp3) is 0.235. The molecule has 0 atom stereocenters. The molecule has 1 aromatic carbocycles. The lowest BCUT2D eigenvalue weighted by atomic mass is 10.1. The molecule has 22 heavy (non-hydrogen) atoms. The number of aromatic nitrogens is 3. The number of rotatable bonds is 4. The molecular weight excluding hydrogens is 278 g/mol. The van der Waals surface area contributed by atoms with Crippen molar-refractivity contribution in [1.82, 2.24) is 14.6 Å². The van der Waals surface area contributed by atoms with Gasteiger partial charge in [0.1, 0.15) is 5.56 Å². The fourth-order valence-corrected chi connectivity index (χ4v) is 2.37. The van der Waals surface area contributed by atoms with Crippen molar-refractivity contribution in [3.63, 3.8) is 0 Å². The van der Waals surface area contributed by atoms with Crippen LogP contribution in [0.25, 0.3) is 16.9 Å². The van der Waals surface area contributed by atoms with Crippen LogP contribution in [0.5, 0.6) is 0 Å². The number of benzene rings is 1. The van der Waals surface area contributed by atoms with Crippen LogP contribution in [0.1, 0.15) is 29.8 Å². The van der Waals surface area contributed by atoms with Gasteiger partial charge in [-0.1, -0.05) is 31.2 Å². The Bertz CT molecular complexity index is 806. The molecule has 0 saturated carbocycles. The molecule has 0 N–H and O–H groups in total. The quantitative estimate of drug-likeness (QED) is 0.694. The van der Waals surface area contributed by atoms with Crippen LogP contribution in [0.4, 0.5) is 0 Å². The zero-order valence-corrected chi connectivity index (χ0v) is 12.6. The van der Waals surface area contributed by atoms with Crippen molar-refractivity contribution in [1.29, 1.82) is 0 Å². The highest BCUT2D eigenvalue weighted by molar-refractivity contribution is 5.95. The Labute approximate surface area is 128 Å². The van der Waals surface area contributed by atoms with Crippen LogP contribution in [0.15, 0.2) is 42.7 Å². The van der Waals surface area contributed by atoms with Crippen LogP contribution in [-0.2, 0) is 11.2 Å². The molecule has 3 rings (SSSR count). The number of hydrogen-bond donors (Lipinski definition) is 0. The van der Waals surface area contributed by atoms with E-state index in [2.05, 4.69) is 41.3 Å². The monoisotopic (exact) mass is 295 g/mol. The number of fused-ring (bicyclic) bond motifs is 1. The van der Waals surface area contributed by atoms with E-state index >= 15 is 0 Å². The van der Waals surface area contributed by atoms with E-state index in [0.29, 0.717) is 17.8 Å². The topological polar surface area (TPSA) is 56.5 Å². The number of nitrogens with zero attached hydrogens (tertiary/aromatic N) is 3. The molecule has 112 valence electrons. The predicted octanol–water partition coefficient (Wildman–Crippen LogP) is 3.14. The number of carbonyl (C=O) groups is 1. The maximum Gasteiger partial charge on any atom is 0.343 e. The normalized spacial score (nSPS) is 10.8. The molecular formula is C17H17N3O2. The van der Waals surface area contributed by atoms with Crippen molar-refractivity contribution in [2.45, 2.75) is 20.3 Å². The lowest BCUT2D eigenvalue weighted by Crippen LogP contribution is -2.05. The minimum Gasteiger partial charge on any atom is -0.462 e. The molecule has 2 heterocycles. The van der Waals surface area contributed by atoms with Gasteiger partial charge in [0.2, 0.25) is 0 Å². The second-order valence-electron chi connectivity index (χ2n) is 4.89. The first-order valence-corrected chi connectivity index (χ1v) is 7.33. The summed E-state index contributed by atoms with van der Waals surface area (Å²) < 4.78 is 6.71. The van der Waals surface area contributed by atoms with Crippen molar-refractivity contribution < 1.29 is 9.53 Å². The molecule has 0 aliphatic heterocycles. The molecule has 0 radical (unpaired) electrons. The highest BCUT2D eigenvalue weighted by Crippen LogP contribution is 2.22. The lowest BCUT2D eigenvalue weighted by Gasteiger charge is -2.06. The molecule has 0 bridgehead atoms. The lowest BCUT2D eigenvalue weighted by molar-refractivity contribution is 0.0528. The summed E-state index contributed by atoms with van der Waals surface area (Å²) in [6.45, 7) is 4.23. The average Bonchev–Trinajstić information content (AvgIpc) is 2.99. The number of aryl methyl sites for hydroxylation is 1. The fourth-order valence-electron chi connectivity index (χ4n) is 2.37. The minimum absolute atomic E-state index is 0.328. The molecule has 0 saturated heterocycles. The summed E-state index contributed by atoms with van der Waals surface area (Å²) in [5, 5.41) is 4.29. The Kier molecular flexibility index (Phi) is 3.87. The van der Waals surface area contributed by atoms with Gasteiger partial charge in [0, 0.05) is 11.8 Å². The maximum atomic E-state index is 11.9. The second-order valence-corrected chi connectivity index (χ2v) is 4.89. The van der Waals surface area contributed by atoms with Crippen LogP contribution in [-0.4, -0.2) is 27.2 Å².